The van der Waals surface area contributed by atoms with Crippen LogP contribution in [0.3, 0.4) is 0 Å². The number of halogens is 2. The summed E-state index contributed by atoms with van der Waals surface area (Å²) in [5.41, 5.74) is 7.13. The average Bonchev–Trinajstić information content (AvgIpc) is 3.53. The first kappa shape index (κ1) is 17.1. The maximum Gasteiger partial charge on any atom is 0.373 e. The lowest BCUT2D eigenvalue weighted by atomic mass is 9.93. The van der Waals surface area contributed by atoms with Gasteiger partial charge in [0.25, 0.3) is 0 Å². The zero-order valence-electron chi connectivity index (χ0n) is 14.8. The van der Waals surface area contributed by atoms with Crippen molar-refractivity contribution in [1.29, 1.82) is 0 Å². The number of nitrogens with zero attached hydrogens (tertiary/aromatic N) is 2. The lowest BCUT2D eigenvalue weighted by Gasteiger charge is -2.37. The number of carbonyl (C=O) groups is 1. The largest absolute Gasteiger partial charge is 0.475 e. The minimum Gasteiger partial charge on any atom is -0.475 e. The van der Waals surface area contributed by atoms with Crippen molar-refractivity contribution in [2.75, 3.05) is 22.9 Å². The minimum absolute atomic E-state index is 0.0764. The van der Waals surface area contributed by atoms with Gasteiger partial charge in [0.2, 0.25) is 5.76 Å². The third-order valence-corrected chi connectivity index (χ3v) is 6.55. The fraction of sp³-hybridized carbons (Fsp3) is 0.526. The van der Waals surface area contributed by atoms with Crippen LogP contribution in [0.15, 0.2) is 18.0 Å². The highest BCUT2D eigenvalue weighted by molar-refractivity contribution is 6.36. The van der Waals surface area contributed by atoms with Crippen LogP contribution in [0.1, 0.15) is 32.1 Å². The van der Waals surface area contributed by atoms with Gasteiger partial charge in [-0.2, -0.15) is 0 Å². The predicted molar refractivity (Wildman–Crippen MR) is 99.7 cm³/mol. The third-order valence-electron chi connectivity index (χ3n) is 6.20. The zero-order chi connectivity index (χ0) is 18.9. The fourth-order valence-corrected chi connectivity index (χ4v) is 4.86. The molecule has 4 aliphatic rings. The molecule has 3 N–H and O–H groups in total. The second kappa shape index (κ2) is 5.75. The smallest absolute Gasteiger partial charge is 0.373 e. The molecule has 1 aromatic rings. The van der Waals surface area contributed by atoms with Gasteiger partial charge in [0.1, 0.15) is 5.69 Å². The number of carboxylic acids is 1. The van der Waals surface area contributed by atoms with E-state index in [1.807, 2.05) is 9.80 Å². The zero-order valence-corrected chi connectivity index (χ0v) is 15.5. The van der Waals surface area contributed by atoms with Crippen molar-refractivity contribution in [1.82, 2.24) is 0 Å². The SMILES string of the molecule is NC1CC12CCCN(c1c(F)cc3c(c1Cl)N(C1CC1)C=C(C(=O)O)O3)C2. The Morgan fingerprint density at radius 2 is 2.15 bits per heavy atom. The van der Waals surface area contributed by atoms with Crippen molar-refractivity contribution < 1.29 is 19.0 Å². The van der Waals surface area contributed by atoms with Gasteiger partial charge < -0.3 is 25.4 Å². The van der Waals surface area contributed by atoms with E-state index in [4.69, 9.17) is 22.1 Å². The molecule has 1 saturated heterocycles. The number of aliphatic carboxylic acids is 1. The molecule has 1 spiro atoms. The van der Waals surface area contributed by atoms with Gasteiger partial charge in [-0.25, -0.2) is 9.18 Å². The van der Waals surface area contributed by atoms with Crippen LogP contribution in [0.5, 0.6) is 5.75 Å². The summed E-state index contributed by atoms with van der Waals surface area (Å²) >= 11 is 6.70. The van der Waals surface area contributed by atoms with Crippen molar-refractivity contribution in [3.05, 3.63) is 28.9 Å². The van der Waals surface area contributed by atoms with Crippen LogP contribution >= 0.6 is 11.6 Å². The van der Waals surface area contributed by atoms with E-state index in [1.54, 1.807) is 0 Å². The van der Waals surface area contributed by atoms with Gasteiger partial charge in [-0.15, -0.1) is 0 Å². The summed E-state index contributed by atoms with van der Waals surface area (Å²) in [4.78, 5) is 15.2. The molecule has 0 amide bonds. The first-order chi connectivity index (χ1) is 12.9. The number of rotatable bonds is 3. The molecule has 2 unspecified atom stereocenters. The van der Waals surface area contributed by atoms with Crippen LogP contribution in [0, 0.1) is 11.2 Å². The van der Waals surface area contributed by atoms with Gasteiger partial charge >= 0.3 is 5.97 Å². The van der Waals surface area contributed by atoms with Gasteiger partial charge in [0.15, 0.2) is 11.6 Å². The second-order valence-electron chi connectivity index (χ2n) is 8.10. The summed E-state index contributed by atoms with van der Waals surface area (Å²) in [6.07, 6.45) is 6.32. The number of hydrogen-bond acceptors (Lipinski definition) is 5. The van der Waals surface area contributed by atoms with Crippen LogP contribution in [0.2, 0.25) is 5.02 Å². The van der Waals surface area contributed by atoms with Crippen LogP contribution in [-0.4, -0.2) is 36.2 Å². The normalized spacial score (nSPS) is 29.3. The molecule has 2 saturated carbocycles. The Morgan fingerprint density at radius 3 is 2.78 bits per heavy atom. The molecule has 0 radical (unpaired) electrons. The molecule has 0 aromatic heterocycles. The van der Waals surface area contributed by atoms with Crippen LogP contribution in [-0.2, 0) is 4.79 Å². The third kappa shape index (κ3) is 2.67. The van der Waals surface area contributed by atoms with Gasteiger partial charge in [-0.05, 0) is 32.1 Å². The molecule has 2 atom stereocenters. The molecule has 144 valence electrons. The summed E-state index contributed by atoms with van der Waals surface area (Å²) in [5, 5.41) is 9.58. The van der Waals surface area contributed by atoms with E-state index >= 15 is 4.39 Å². The quantitative estimate of drug-likeness (QED) is 0.821. The van der Waals surface area contributed by atoms with Crippen LogP contribution in [0.25, 0.3) is 0 Å². The number of carboxylic acid groups (broad SMARTS) is 1. The van der Waals surface area contributed by atoms with E-state index in [2.05, 4.69) is 0 Å². The van der Waals surface area contributed by atoms with E-state index in [9.17, 15) is 9.90 Å². The molecule has 0 bridgehead atoms. The highest BCUT2D eigenvalue weighted by Gasteiger charge is 2.54. The number of piperidine rings is 1. The Labute approximate surface area is 161 Å². The molecule has 3 fully saturated rings. The number of fused-ring (bicyclic) bond motifs is 1. The molecular weight excluding hydrogens is 373 g/mol. The highest BCUT2D eigenvalue weighted by atomic mass is 35.5. The highest BCUT2D eigenvalue weighted by Crippen LogP contribution is 2.54. The van der Waals surface area contributed by atoms with Crippen molar-refractivity contribution in [3.8, 4) is 5.75 Å². The number of benzene rings is 1. The lowest BCUT2D eigenvalue weighted by molar-refractivity contribution is -0.135. The summed E-state index contributed by atoms with van der Waals surface area (Å²) in [6.45, 7) is 1.43. The predicted octanol–water partition coefficient (Wildman–Crippen LogP) is 3.08. The fourth-order valence-electron chi connectivity index (χ4n) is 4.46. The van der Waals surface area contributed by atoms with Gasteiger partial charge in [0, 0.05) is 36.7 Å². The number of hydrogen-bond donors (Lipinski definition) is 2. The average molecular weight is 394 g/mol. The molecule has 2 heterocycles. The number of anilines is 2. The first-order valence-electron chi connectivity index (χ1n) is 9.33. The van der Waals surface area contributed by atoms with Crippen molar-refractivity contribution in [2.45, 2.75) is 44.2 Å². The standard InChI is InChI=1S/C19H21ClFN3O3/c20-15-16(23-5-1-4-19(9-23)7-14(19)22)11(21)6-12-17(15)24(10-2-3-10)8-13(27-12)18(25)26/h6,8,10,14H,1-5,7,9,22H2,(H,25,26). The summed E-state index contributed by atoms with van der Waals surface area (Å²) in [5.74, 6) is -1.75. The Balaban J connectivity index is 1.57. The minimum atomic E-state index is -1.19. The topological polar surface area (TPSA) is 79.0 Å². The summed E-state index contributed by atoms with van der Waals surface area (Å²) in [6, 6.07) is 1.60. The molecule has 27 heavy (non-hydrogen) atoms. The van der Waals surface area contributed by atoms with E-state index in [1.165, 1.54) is 12.3 Å². The number of ether oxygens (including phenoxy) is 1. The second-order valence-corrected chi connectivity index (χ2v) is 8.48. The van der Waals surface area contributed by atoms with Crippen molar-refractivity contribution >= 4 is 28.9 Å². The van der Waals surface area contributed by atoms with Crippen molar-refractivity contribution in [3.63, 3.8) is 0 Å². The van der Waals surface area contributed by atoms with Gasteiger partial charge in [0.05, 0.1) is 16.9 Å². The Kier molecular flexibility index (Phi) is 3.65. The Bertz CT molecular complexity index is 872. The van der Waals surface area contributed by atoms with E-state index < -0.39 is 11.8 Å². The summed E-state index contributed by atoms with van der Waals surface area (Å²) < 4.78 is 20.5. The number of nitrogens with two attached hydrogens (primary N) is 1. The van der Waals surface area contributed by atoms with E-state index in [0.29, 0.717) is 17.9 Å². The molecule has 2 aliphatic heterocycles. The Morgan fingerprint density at radius 1 is 1.41 bits per heavy atom. The molecule has 1 aromatic carbocycles. The maximum absolute atomic E-state index is 15.0. The Hall–Kier alpha value is -1.99. The first-order valence-corrected chi connectivity index (χ1v) is 9.71. The van der Waals surface area contributed by atoms with Crippen molar-refractivity contribution in [2.24, 2.45) is 11.1 Å². The van der Waals surface area contributed by atoms with Gasteiger partial charge in [-0.3, -0.25) is 0 Å². The molecule has 6 nitrogen and oxygen atoms in total. The van der Waals surface area contributed by atoms with E-state index in [-0.39, 0.29) is 34.0 Å². The summed E-state index contributed by atoms with van der Waals surface area (Å²) in [7, 11) is 0. The van der Waals surface area contributed by atoms with E-state index in [0.717, 1.165) is 38.6 Å². The monoisotopic (exact) mass is 393 g/mol. The lowest BCUT2D eigenvalue weighted by Crippen LogP contribution is -2.40. The molecular formula is C19H21ClFN3O3. The molecule has 2 aliphatic carbocycles. The maximum atomic E-state index is 15.0. The molecule has 5 rings (SSSR count). The van der Waals surface area contributed by atoms with Gasteiger partial charge in [-0.1, -0.05) is 11.6 Å². The van der Waals surface area contributed by atoms with Crippen LogP contribution in [0.4, 0.5) is 15.8 Å². The molecule has 8 heteroatoms. The van der Waals surface area contributed by atoms with Crippen LogP contribution < -0.4 is 20.3 Å².